The molecule has 126 valence electrons. The Hall–Kier alpha value is -2.51. The highest BCUT2D eigenvalue weighted by molar-refractivity contribution is 7.98. The lowest BCUT2D eigenvalue weighted by Gasteiger charge is -2.20. The molecule has 2 aromatic carbocycles. The summed E-state index contributed by atoms with van der Waals surface area (Å²) in [4.78, 5) is 4.43. The molecule has 1 aromatic heterocycles. The van der Waals surface area contributed by atoms with Gasteiger partial charge < -0.3 is 15.2 Å². The monoisotopic (exact) mass is 372 g/mol. The van der Waals surface area contributed by atoms with Crippen LogP contribution in [0.15, 0.2) is 47.6 Å². The second-order valence-electron chi connectivity index (χ2n) is 5.34. The van der Waals surface area contributed by atoms with Crippen LogP contribution in [0.1, 0.15) is 11.8 Å². The summed E-state index contributed by atoms with van der Waals surface area (Å²) >= 11 is 7.47. The van der Waals surface area contributed by atoms with Gasteiger partial charge in [0.25, 0.3) is 0 Å². The van der Waals surface area contributed by atoms with E-state index in [0.29, 0.717) is 27.3 Å². The van der Waals surface area contributed by atoms with Crippen LogP contribution in [0, 0.1) is 0 Å². The van der Waals surface area contributed by atoms with Crippen molar-refractivity contribution in [3.63, 3.8) is 0 Å². The number of ether oxygens (including phenoxy) is 1. The standard InChI is InChI=1S/C17H13ClN4O2S/c1-25-17-20-16-14(21-22-17)10-4-2-3-5-12(10)19-15(24-16)11-8-9(18)6-7-13(11)23/h2-8,15,19,23H,1H3. The number of aromatic nitrogens is 3. The van der Waals surface area contributed by atoms with Crippen LogP contribution in [0.5, 0.6) is 11.6 Å². The van der Waals surface area contributed by atoms with Crippen molar-refractivity contribution >= 4 is 29.1 Å². The van der Waals surface area contributed by atoms with Crippen LogP contribution in [0.25, 0.3) is 11.3 Å². The molecule has 0 spiro atoms. The molecular weight excluding hydrogens is 360 g/mol. The van der Waals surface area contributed by atoms with E-state index in [-0.39, 0.29) is 5.75 Å². The molecule has 2 N–H and O–H groups in total. The van der Waals surface area contributed by atoms with Crippen molar-refractivity contribution in [2.75, 3.05) is 11.6 Å². The predicted molar refractivity (Wildman–Crippen MR) is 97.2 cm³/mol. The van der Waals surface area contributed by atoms with Crippen LogP contribution < -0.4 is 10.1 Å². The molecule has 0 saturated heterocycles. The number of nitrogens with zero attached hydrogens (tertiary/aromatic N) is 3. The first-order valence-corrected chi connectivity index (χ1v) is 9.05. The highest BCUT2D eigenvalue weighted by atomic mass is 35.5. The second-order valence-corrected chi connectivity index (χ2v) is 6.55. The van der Waals surface area contributed by atoms with Crippen molar-refractivity contribution in [3.8, 4) is 22.9 Å². The minimum absolute atomic E-state index is 0.0786. The molecule has 1 unspecified atom stereocenters. The number of hydrogen-bond donors (Lipinski definition) is 2. The Bertz CT molecular complexity index is 954. The van der Waals surface area contributed by atoms with E-state index in [0.717, 1.165) is 11.3 Å². The molecule has 6 nitrogen and oxygen atoms in total. The van der Waals surface area contributed by atoms with E-state index >= 15 is 0 Å². The number of hydrogen-bond acceptors (Lipinski definition) is 7. The molecule has 2 heterocycles. The lowest BCUT2D eigenvalue weighted by atomic mass is 10.1. The summed E-state index contributed by atoms with van der Waals surface area (Å²) in [7, 11) is 0. The maximum absolute atomic E-state index is 10.2. The van der Waals surface area contributed by atoms with Crippen molar-refractivity contribution in [2.45, 2.75) is 11.4 Å². The number of rotatable bonds is 2. The average molecular weight is 373 g/mol. The molecule has 1 aliphatic rings. The molecule has 0 saturated carbocycles. The Morgan fingerprint density at radius 3 is 2.88 bits per heavy atom. The van der Waals surface area contributed by atoms with Gasteiger partial charge in [0, 0.05) is 16.3 Å². The van der Waals surface area contributed by atoms with Gasteiger partial charge in [-0.3, -0.25) is 0 Å². The van der Waals surface area contributed by atoms with Gasteiger partial charge in [-0.05, 0) is 30.5 Å². The summed E-state index contributed by atoms with van der Waals surface area (Å²) in [6.45, 7) is 0. The third-order valence-electron chi connectivity index (χ3n) is 3.79. The largest absolute Gasteiger partial charge is 0.507 e. The topological polar surface area (TPSA) is 80.2 Å². The lowest BCUT2D eigenvalue weighted by Crippen LogP contribution is -2.17. The van der Waals surface area contributed by atoms with Crippen molar-refractivity contribution in [3.05, 3.63) is 53.1 Å². The fourth-order valence-electron chi connectivity index (χ4n) is 2.61. The first kappa shape index (κ1) is 16.0. The van der Waals surface area contributed by atoms with Crippen LogP contribution in [-0.2, 0) is 0 Å². The molecule has 0 bridgehead atoms. The van der Waals surface area contributed by atoms with Crippen molar-refractivity contribution in [2.24, 2.45) is 0 Å². The number of phenolic OH excluding ortho intramolecular Hbond substituents is 1. The average Bonchev–Trinajstić information content (AvgIpc) is 2.79. The SMILES string of the molecule is CSc1nnc2c(n1)OC(c1cc(Cl)ccc1O)Nc1ccccc1-2. The van der Waals surface area contributed by atoms with Crippen LogP contribution in [0.3, 0.4) is 0 Å². The van der Waals surface area contributed by atoms with E-state index in [2.05, 4.69) is 20.5 Å². The number of fused-ring (bicyclic) bond motifs is 3. The predicted octanol–water partition coefficient (Wildman–Crippen LogP) is 4.12. The van der Waals surface area contributed by atoms with Gasteiger partial charge in [0.05, 0.1) is 5.56 Å². The third kappa shape index (κ3) is 2.96. The number of benzene rings is 2. The summed E-state index contributed by atoms with van der Waals surface area (Å²) < 4.78 is 6.05. The van der Waals surface area contributed by atoms with Gasteiger partial charge in [-0.2, -0.15) is 4.98 Å². The van der Waals surface area contributed by atoms with Gasteiger partial charge in [-0.1, -0.05) is 41.6 Å². The molecule has 8 heteroatoms. The number of aromatic hydroxyl groups is 1. The van der Waals surface area contributed by atoms with E-state index < -0.39 is 6.23 Å². The van der Waals surface area contributed by atoms with Crippen LogP contribution in [0.4, 0.5) is 5.69 Å². The number of thioether (sulfide) groups is 1. The van der Waals surface area contributed by atoms with Crippen LogP contribution in [-0.4, -0.2) is 26.5 Å². The Kier molecular flexibility index (Phi) is 4.10. The number of halogens is 1. The maximum Gasteiger partial charge on any atom is 0.247 e. The zero-order valence-corrected chi connectivity index (χ0v) is 14.7. The van der Waals surface area contributed by atoms with Gasteiger partial charge >= 0.3 is 0 Å². The van der Waals surface area contributed by atoms with E-state index in [9.17, 15) is 5.11 Å². The molecule has 0 aliphatic carbocycles. The molecule has 25 heavy (non-hydrogen) atoms. The first-order chi connectivity index (χ1) is 12.2. The number of phenols is 1. The second kappa shape index (κ2) is 6.42. The molecule has 0 radical (unpaired) electrons. The molecule has 0 fully saturated rings. The van der Waals surface area contributed by atoms with Crippen LogP contribution >= 0.6 is 23.4 Å². The van der Waals surface area contributed by atoms with Crippen molar-refractivity contribution < 1.29 is 9.84 Å². The minimum Gasteiger partial charge on any atom is -0.507 e. The Balaban J connectivity index is 1.89. The number of nitrogens with one attached hydrogen (secondary N) is 1. The Morgan fingerprint density at radius 2 is 2.04 bits per heavy atom. The molecule has 3 aromatic rings. The zero-order valence-electron chi connectivity index (χ0n) is 13.1. The van der Waals surface area contributed by atoms with Gasteiger partial charge in [0.1, 0.15) is 5.75 Å². The molecular formula is C17H13ClN4O2S. The van der Waals surface area contributed by atoms with E-state index in [1.54, 1.807) is 12.1 Å². The number of para-hydroxylation sites is 1. The fraction of sp³-hybridized carbons (Fsp3) is 0.118. The van der Waals surface area contributed by atoms with Crippen molar-refractivity contribution in [1.29, 1.82) is 0 Å². The summed E-state index contributed by atoms with van der Waals surface area (Å²) in [5, 5.41) is 22.9. The fourth-order valence-corrected chi connectivity index (χ4v) is 3.09. The maximum atomic E-state index is 10.2. The van der Waals surface area contributed by atoms with E-state index in [1.165, 1.54) is 17.8 Å². The first-order valence-electron chi connectivity index (χ1n) is 7.45. The minimum atomic E-state index is -0.674. The zero-order chi connectivity index (χ0) is 17.4. The third-order valence-corrected chi connectivity index (χ3v) is 4.56. The highest BCUT2D eigenvalue weighted by Crippen LogP contribution is 2.41. The normalized spacial score (nSPS) is 15.4. The number of anilines is 1. The van der Waals surface area contributed by atoms with Gasteiger partial charge in [0.2, 0.25) is 17.3 Å². The van der Waals surface area contributed by atoms with Gasteiger partial charge in [-0.15, -0.1) is 10.2 Å². The summed E-state index contributed by atoms with van der Waals surface area (Å²) in [5.74, 6) is 0.427. The Labute approximate surface area is 153 Å². The van der Waals surface area contributed by atoms with Gasteiger partial charge in [-0.25, -0.2) is 0 Å². The summed E-state index contributed by atoms with van der Waals surface area (Å²) in [6.07, 6.45) is 1.19. The molecule has 4 rings (SSSR count). The highest BCUT2D eigenvalue weighted by Gasteiger charge is 2.27. The summed E-state index contributed by atoms with van der Waals surface area (Å²) in [5.41, 5.74) is 2.69. The molecule has 1 atom stereocenters. The quantitative estimate of drug-likeness (QED) is 0.655. The summed E-state index contributed by atoms with van der Waals surface area (Å²) in [6, 6.07) is 12.5. The lowest BCUT2D eigenvalue weighted by molar-refractivity contribution is 0.220. The smallest absolute Gasteiger partial charge is 0.247 e. The van der Waals surface area contributed by atoms with Gasteiger partial charge in [0.15, 0.2) is 5.69 Å². The molecule has 0 amide bonds. The Morgan fingerprint density at radius 1 is 1.20 bits per heavy atom. The molecule has 1 aliphatic heterocycles. The van der Waals surface area contributed by atoms with Crippen molar-refractivity contribution in [1.82, 2.24) is 15.2 Å². The van der Waals surface area contributed by atoms with Crippen LogP contribution in [0.2, 0.25) is 5.02 Å². The van der Waals surface area contributed by atoms with E-state index in [4.69, 9.17) is 16.3 Å². The van der Waals surface area contributed by atoms with E-state index in [1.807, 2.05) is 30.5 Å².